The van der Waals surface area contributed by atoms with Crippen molar-refractivity contribution in [2.24, 2.45) is 5.92 Å². The van der Waals surface area contributed by atoms with Crippen molar-refractivity contribution in [2.45, 2.75) is 496 Å². The molecule has 0 fully saturated rings. The Kier molecular flexibility index (Phi) is 79.2. The fraction of sp³-hybridized carbons (Fsp3) is 0.955. The van der Waals surface area contributed by atoms with E-state index in [4.69, 9.17) is 37.0 Å². The zero-order valence-corrected chi connectivity index (χ0v) is 72.1. The average molecular weight is 1560 g/mol. The van der Waals surface area contributed by atoms with Crippen molar-refractivity contribution in [3.05, 3.63) is 0 Å². The van der Waals surface area contributed by atoms with Crippen LogP contribution in [-0.4, -0.2) is 96.7 Å². The Morgan fingerprint density at radius 3 is 0.636 bits per heavy atom. The molecule has 2 unspecified atom stereocenters. The third-order valence-corrected chi connectivity index (χ3v) is 22.7. The molecule has 5 atom stereocenters. The number of carbonyl (C=O) groups excluding carboxylic acids is 4. The van der Waals surface area contributed by atoms with Gasteiger partial charge in [-0.1, -0.05) is 426 Å². The number of aliphatic hydroxyl groups excluding tert-OH is 1. The normalized spacial score (nSPS) is 13.7. The maximum atomic E-state index is 13.2. The molecule has 19 heteroatoms. The lowest BCUT2D eigenvalue weighted by atomic mass is 10.0. The molecule has 0 amide bonds. The van der Waals surface area contributed by atoms with Crippen LogP contribution < -0.4 is 0 Å². The van der Waals surface area contributed by atoms with Crippen LogP contribution in [0.15, 0.2) is 0 Å². The molecular formula is C88H172O17P2. The van der Waals surface area contributed by atoms with E-state index < -0.39 is 97.5 Å². The molecule has 17 nitrogen and oxygen atoms in total. The maximum Gasteiger partial charge on any atom is 0.472 e. The number of hydrogen-bond acceptors (Lipinski definition) is 15. The van der Waals surface area contributed by atoms with Crippen LogP contribution in [0, 0.1) is 5.92 Å². The number of ether oxygens (including phenoxy) is 4. The zero-order chi connectivity index (χ0) is 78.3. The highest BCUT2D eigenvalue weighted by Gasteiger charge is 2.30. The molecule has 0 aromatic rings. The molecule has 107 heavy (non-hydrogen) atoms. The van der Waals surface area contributed by atoms with Gasteiger partial charge in [0.2, 0.25) is 0 Å². The van der Waals surface area contributed by atoms with Crippen LogP contribution in [0.5, 0.6) is 0 Å². The monoisotopic (exact) mass is 1560 g/mol. The van der Waals surface area contributed by atoms with E-state index in [0.717, 1.165) is 95.8 Å². The predicted octanol–water partition coefficient (Wildman–Crippen LogP) is 27.2. The first-order chi connectivity index (χ1) is 52.0. The van der Waals surface area contributed by atoms with Gasteiger partial charge in [0, 0.05) is 25.7 Å². The van der Waals surface area contributed by atoms with E-state index in [2.05, 4.69) is 34.6 Å². The smallest absolute Gasteiger partial charge is 0.462 e. The first-order valence-corrected chi connectivity index (χ1v) is 48.6. The highest BCUT2D eigenvalue weighted by atomic mass is 31.2. The predicted molar refractivity (Wildman–Crippen MR) is 442 cm³/mol. The van der Waals surface area contributed by atoms with Gasteiger partial charge in [-0.25, -0.2) is 9.13 Å². The largest absolute Gasteiger partial charge is 0.472 e. The second-order valence-electron chi connectivity index (χ2n) is 32.1. The Hall–Kier alpha value is -1.94. The van der Waals surface area contributed by atoms with E-state index >= 15 is 0 Å². The summed E-state index contributed by atoms with van der Waals surface area (Å²) in [5.41, 5.74) is 0. The lowest BCUT2D eigenvalue weighted by Crippen LogP contribution is -2.30. The standard InChI is InChI=1S/C88H172O17P2/c1-6-9-12-15-18-21-24-27-29-31-33-35-37-39-41-44-46-51-56-61-66-71-85(90)98-77-83(104-88(93)74-69-64-59-53-48-45-42-40-38-36-34-32-30-28-25-22-19-16-13-10-7-2)79-102-106(94,95)100-75-82(89)76-101-107(96,97)103-80-84(78-99-86(91)72-67-62-57-54-49-50-55-60-65-70-81(4)5)105-87(92)73-68-63-58-52-47-43-26-23-20-17-14-11-8-3/h81-84,89H,6-80H2,1-5H3,(H,94,95)(H,96,97)/t82-,83-,84-/m1/s1. The Morgan fingerprint density at radius 2 is 0.430 bits per heavy atom. The summed E-state index contributed by atoms with van der Waals surface area (Å²) in [5.74, 6) is -1.35. The number of unbranched alkanes of at least 4 members (excludes halogenated alkanes) is 60. The highest BCUT2D eigenvalue weighted by Crippen LogP contribution is 2.45. The molecule has 0 spiro atoms. The molecule has 0 aromatic carbocycles. The number of carbonyl (C=O) groups is 4. The van der Waals surface area contributed by atoms with Crippen LogP contribution in [0.25, 0.3) is 0 Å². The molecule has 0 aliphatic carbocycles. The first kappa shape index (κ1) is 105. The third-order valence-electron chi connectivity index (χ3n) is 20.8. The van der Waals surface area contributed by atoms with Gasteiger partial charge in [0.05, 0.1) is 26.4 Å². The molecule has 0 heterocycles. The summed E-state index contributed by atoms with van der Waals surface area (Å²) in [7, 11) is -9.93. The molecule has 0 aliphatic rings. The summed E-state index contributed by atoms with van der Waals surface area (Å²) in [5, 5.41) is 10.7. The third kappa shape index (κ3) is 81.9. The summed E-state index contributed by atoms with van der Waals surface area (Å²) < 4.78 is 68.9. The molecule has 3 N–H and O–H groups in total. The quantitative estimate of drug-likeness (QED) is 0.0222. The number of phosphoric acid groups is 2. The van der Waals surface area contributed by atoms with E-state index in [9.17, 15) is 43.2 Å². The highest BCUT2D eigenvalue weighted by molar-refractivity contribution is 7.47. The van der Waals surface area contributed by atoms with Gasteiger partial charge in [0.1, 0.15) is 19.3 Å². The SMILES string of the molecule is CCCCCCCCCCCCCCCCCCCCCCCC(=O)OC[C@H](COP(=O)(O)OC[C@@H](O)COP(=O)(O)OC[C@@H](COC(=O)CCCCCCCCCCCC(C)C)OC(=O)CCCCCCCCCCCCCCC)OC(=O)CCCCCCCCCCCCCCCCCCCCCCC. The van der Waals surface area contributed by atoms with Gasteiger partial charge in [-0.15, -0.1) is 0 Å². The molecular weight excluding hydrogens is 1390 g/mol. The van der Waals surface area contributed by atoms with E-state index in [1.54, 1.807) is 0 Å². The van der Waals surface area contributed by atoms with Gasteiger partial charge in [-0.05, 0) is 31.6 Å². The Labute approximate surface area is 658 Å². The summed E-state index contributed by atoms with van der Waals surface area (Å²) in [4.78, 5) is 73.3. The molecule has 0 radical (unpaired) electrons. The van der Waals surface area contributed by atoms with Crippen molar-refractivity contribution < 1.29 is 80.2 Å². The van der Waals surface area contributed by atoms with Gasteiger partial charge in [-0.3, -0.25) is 37.3 Å². The molecule has 0 bridgehead atoms. The van der Waals surface area contributed by atoms with E-state index in [1.165, 1.54) is 302 Å². The lowest BCUT2D eigenvalue weighted by Gasteiger charge is -2.21. The second-order valence-corrected chi connectivity index (χ2v) is 35.0. The molecule has 0 rings (SSSR count). The first-order valence-electron chi connectivity index (χ1n) is 45.6. The number of phosphoric ester groups is 2. The van der Waals surface area contributed by atoms with Crippen LogP contribution >= 0.6 is 15.6 Å². The Morgan fingerprint density at radius 1 is 0.252 bits per heavy atom. The average Bonchev–Trinajstić information content (AvgIpc) is 0.908. The molecule has 0 aromatic heterocycles. The minimum Gasteiger partial charge on any atom is -0.462 e. The van der Waals surface area contributed by atoms with Crippen molar-refractivity contribution in [1.82, 2.24) is 0 Å². The van der Waals surface area contributed by atoms with Gasteiger partial charge < -0.3 is 33.8 Å². The minimum atomic E-state index is -4.97. The minimum absolute atomic E-state index is 0.108. The van der Waals surface area contributed by atoms with E-state index in [0.29, 0.717) is 25.7 Å². The van der Waals surface area contributed by atoms with Crippen molar-refractivity contribution in [3.8, 4) is 0 Å². The van der Waals surface area contributed by atoms with Gasteiger partial charge in [0.25, 0.3) is 0 Å². The summed E-state index contributed by atoms with van der Waals surface area (Å²) >= 11 is 0. The Balaban J connectivity index is 5.22. The van der Waals surface area contributed by atoms with Crippen LogP contribution in [0.3, 0.4) is 0 Å². The van der Waals surface area contributed by atoms with E-state index in [1.807, 2.05) is 0 Å². The fourth-order valence-electron chi connectivity index (χ4n) is 13.8. The van der Waals surface area contributed by atoms with Gasteiger partial charge in [-0.2, -0.15) is 0 Å². The maximum absolute atomic E-state index is 13.2. The summed E-state index contributed by atoms with van der Waals surface area (Å²) in [6.07, 6.45) is 75.1. The topological polar surface area (TPSA) is 237 Å². The van der Waals surface area contributed by atoms with E-state index in [-0.39, 0.29) is 25.7 Å². The number of rotatable bonds is 88. The number of esters is 4. The molecule has 0 aliphatic heterocycles. The molecule has 0 saturated carbocycles. The van der Waals surface area contributed by atoms with Gasteiger partial charge in [0.15, 0.2) is 12.2 Å². The number of aliphatic hydroxyl groups is 1. The summed E-state index contributed by atoms with van der Waals surface area (Å²) in [6, 6.07) is 0. The van der Waals surface area contributed by atoms with Crippen molar-refractivity contribution in [3.63, 3.8) is 0 Å². The van der Waals surface area contributed by atoms with Crippen LogP contribution in [0.4, 0.5) is 0 Å². The van der Waals surface area contributed by atoms with Gasteiger partial charge >= 0.3 is 39.5 Å². The van der Waals surface area contributed by atoms with Crippen LogP contribution in [0.2, 0.25) is 0 Å². The van der Waals surface area contributed by atoms with Crippen molar-refractivity contribution >= 4 is 39.5 Å². The van der Waals surface area contributed by atoms with Crippen molar-refractivity contribution in [2.75, 3.05) is 39.6 Å². The second kappa shape index (κ2) is 80.7. The molecule has 0 saturated heterocycles. The van der Waals surface area contributed by atoms with Crippen molar-refractivity contribution in [1.29, 1.82) is 0 Å². The lowest BCUT2D eigenvalue weighted by molar-refractivity contribution is -0.161. The zero-order valence-electron chi connectivity index (χ0n) is 70.3. The van der Waals surface area contributed by atoms with Crippen LogP contribution in [-0.2, 0) is 65.4 Å². The number of hydrogen-bond donors (Lipinski definition) is 3. The summed E-state index contributed by atoms with van der Waals surface area (Å²) in [6.45, 7) is 7.35. The Bertz CT molecular complexity index is 2030. The fourth-order valence-corrected chi connectivity index (χ4v) is 15.4. The van der Waals surface area contributed by atoms with Crippen LogP contribution in [0.1, 0.15) is 478 Å². The molecule has 636 valence electrons.